The fraction of sp³-hybridized carbons (Fsp3) is 0.176. The Bertz CT molecular complexity index is 649. The molecule has 126 valence electrons. The van der Waals surface area contributed by atoms with Crippen LogP contribution in [0.4, 0.5) is 9.59 Å². The number of benzene rings is 2. The fourth-order valence-corrected chi connectivity index (χ4v) is 2.09. The molecule has 0 aromatic heterocycles. The van der Waals surface area contributed by atoms with Crippen molar-refractivity contribution >= 4 is 12.1 Å². The summed E-state index contributed by atoms with van der Waals surface area (Å²) in [4.78, 5) is 23.4. The smallest absolute Gasteiger partial charge is 0.409 e. The Hall–Kier alpha value is -3.06. The Morgan fingerprint density at radius 1 is 0.917 bits per heavy atom. The van der Waals surface area contributed by atoms with Crippen molar-refractivity contribution in [2.75, 3.05) is 0 Å². The average molecular weight is 328 g/mol. The van der Waals surface area contributed by atoms with E-state index in [-0.39, 0.29) is 6.61 Å². The molecular weight excluding hydrogens is 308 g/mol. The SMILES string of the molecule is NNC(=O)NC(Cc1ccccc1)NC(=O)OCc1ccccc1. The number of hydrogen-bond donors (Lipinski definition) is 4. The topological polar surface area (TPSA) is 105 Å². The number of alkyl carbamates (subject to hydrolysis) is 1. The average Bonchev–Trinajstić information content (AvgIpc) is 2.61. The van der Waals surface area contributed by atoms with Crippen LogP contribution in [-0.2, 0) is 17.8 Å². The minimum absolute atomic E-state index is 0.147. The third-order valence-corrected chi connectivity index (χ3v) is 3.22. The molecule has 5 N–H and O–H groups in total. The van der Waals surface area contributed by atoms with Crippen LogP contribution in [0.5, 0.6) is 0 Å². The lowest BCUT2D eigenvalue weighted by molar-refractivity contribution is 0.134. The third kappa shape index (κ3) is 5.98. The Morgan fingerprint density at radius 2 is 1.50 bits per heavy atom. The number of amides is 3. The molecule has 0 fully saturated rings. The first-order valence-electron chi connectivity index (χ1n) is 7.45. The summed E-state index contributed by atoms with van der Waals surface area (Å²) in [6, 6.07) is 18.2. The van der Waals surface area contributed by atoms with Crippen molar-refractivity contribution in [2.45, 2.75) is 19.2 Å². The van der Waals surface area contributed by atoms with Gasteiger partial charge in [0.05, 0.1) is 0 Å². The summed E-state index contributed by atoms with van der Waals surface area (Å²) in [6.07, 6.45) is -0.884. The Kier molecular flexibility index (Phi) is 6.60. The van der Waals surface area contributed by atoms with Crippen LogP contribution in [0.3, 0.4) is 0 Å². The van der Waals surface area contributed by atoms with Gasteiger partial charge in [0, 0.05) is 6.42 Å². The number of hydrazine groups is 1. The monoisotopic (exact) mass is 328 g/mol. The lowest BCUT2D eigenvalue weighted by atomic mass is 10.1. The van der Waals surface area contributed by atoms with Gasteiger partial charge in [0.1, 0.15) is 12.8 Å². The maximum absolute atomic E-state index is 12.0. The van der Waals surface area contributed by atoms with Crippen LogP contribution in [0.15, 0.2) is 60.7 Å². The first-order valence-corrected chi connectivity index (χ1v) is 7.45. The van der Waals surface area contributed by atoms with E-state index in [1.54, 1.807) is 0 Å². The number of rotatable bonds is 6. The highest BCUT2D eigenvalue weighted by molar-refractivity contribution is 5.74. The molecule has 3 amide bonds. The second-order valence-electron chi connectivity index (χ2n) is 5.07. The highest BCUT2D eigenvalue weighted by atomic mass is 16.5. The summed E-state index contributed by atoms with van der Waals surface area (Å²) in [6.45, 7) is 0.147. The van der Waals surface area contributed by atoms with Crippen LogP contribution in [0.1, 0.15) is 11.1 Å². The summed E-state index contributed by atoms with van der Waals surface area (Å²) in [5.41, 5.74) is 3.79. The number of hydrogen-bond acceptors (Lipinski definition) is 4. The molecule has 0 saturated heterocycles. The van der Waals surface area contributed by atoms with Crippen LogP contribution < -0.4 is 21.9 Å². The van der Waals surface area contributed by atoms with Gasteiger partial charge in [0.15, 0.2) is 0 Å². The predicted molar refractivity (Wildman–Crippen MR) is 89.6 cm³/mol. The van der Waals surface area contributed by atoms with E-state index < -0.39 is 18.3 Å². The minimum Gasteiger partial charge on any atom is -0.445 e. The van der Waals surface area contributed by atoms with Crippen molar-refractivity contribution in [3.05, 3.63) is 71.8 Å². The number of urea groups is 1. The fourth-order valence-electron chi connectivity index (χ4n) is 2.09. The molecule has 0 saturated carbocycles. The van der Waals surface area contributed by atoms with E-state index in [0.717, 1.165) is 11.1 Å². The molecule has 0 spiro atoms. The van der Waals surface area contributed by atoms with Gasteiger partial charge in [-0.1, -0.05) is 60.7 Å². The van der Waals surface area contributed by atoms with E-state index in [0.29, 0.717) is 6.42 Å². The summed E-state index contributed by atoms with van der Waals surface area (Å²) in [5, 5.41) is 5.17. The Morgan fingerprint density at radius 3 is 2.08 bits per heavy atom. The van der Waals surface area contributed by atoms with Crippen LogP contribution >= 0.6 is 0 Å². The zero-order chi connectivity index (χ0) is 17.2. The van der Waals surface area contributed by atoms with Crippen LogP contribution in [0.25, 0.3) is 0 Å². The number of carbonyl (C=O) groups excluding carboxylic acids is 2. The summed E-state index contributed by atoms with van der Waals surface area (Å²) < 4.78 is 5.16. The standard InChI is InChI=1S/C17H20N4O3/c18-21-16(22)19-15(11-13-7-3-1-4-8-13)20-17(23)24-12-14-9-5-2-6-10-14/h1-10,15H,11-12,18H2,(H,20,23)(H2,19,21,22). The van der Waals surface area contributed by atoms with Gasteiger partial charge in [-0.15, -0.1) is 0 Å². The molecule has 0 radical (unpaired) electrons. The quantitative estimate of drug-likeness (QED) is 0.280. The number of nitrogens with one attached hydrogen (secondary N) is 3. The summed E-state index contributed by atoms with van der Waals surface area (Å²) in [5.74, 6) is 5.07. The normalized spacial score (nSPS) is 11.2. The number of nitrogens with two attached hydrogens (primary N) is 1. The zero-order valence-electron chi connectivity index (χ0n) is 13.1. The lowest BCUT2D eigenvalue weighted by Gasteiger charge is -2.20. The molecule has 0 aliphatic carbocycles. The molecule has 0 bridgehead atoms. The van der Waals surface area contributed by atoms with Gasteiger partial charge in [-0.3, -0.25) is 5.43 Å². The number of carbonyl (C=O) groups is 2. The van der Waals surface area contributed by atoms with E-state index >= 15 is 0 Å². The van der Waals surface area contributed by atoms with Gasteiger partial charge in [0.2, 0.25) is 0 Å². The van der Waals surface area contributed by atoms with Gasteiger partial charge < -0.3 is 15.4 Å². The van der Waals surface area contributed by atoms with E-state index in [9.17, 15) is 9.59 Å². The van der Waals surface area contributed by atoms with Gasteiger partial charge >= 0.3 is 12.1 Å². The van der Waals surface area contributed by atoms with Crippen molar-refractivity contribution < 1.29 is 14.3 Å². The molecule has 2 rings (SSSR count). The first kappa shape index (κ1) is 17.3. The van der Waals surface area contributed by atoms with Gasteiger partial charge in [-0.25, -0.2) is 15.4 Å². The maximum atomic E-state index is 12.0. The molecular formula is C17H20N4O3. The van der Waals surface area contributed by atoms with Gasteiger partial charge in [-0.05, 0) is 11.1 Å². The van der Waals surface area contributed by atoms with Crippen molar-refractivity contribution in [3.8, 4) is 0 Å². The molecule has 24 heavy (non-hydrogen) atoms. The van der Waals surface area contributed by atoms with Gasteiger partial charge in [-0.2, -0.15) is 0 Å². The Labute approximate surface area is 140 Å². The zero-order valence-corrected chi connectivity index (χ0v) is 13.1. The number of ether oxygens (including phenoxy) is 1. The second-order valence-corrected chi connectivity index (χ2v) is 5.07. The van der Waals surface area contributed by atoms with E-state index in [2.05, 4.69) is 10.6 Å². The molecule has 0 aliphatic heterocycles. The van der Waals surface area contributed by atoms with E-state index in [4.69, 9.17) is 10.6 Å². The molecule has 2 aromatic carbocycles. The first-order chi connectivity index (χ1) is 11.7. The lowest BCUT2D eigenvalue weighted by Crippen LogP contribution is -2.53. The highest BCUT2D eigenvalue weighted by Crippen LogP contribution is 2.03. The molecule has 7 nitrogen and oxygen atoms in total. The predicted octanol–water partition coefficient (Wildman–Crippen LogP) is 1.65. The third-order valence-electron chi connectivity index (χ3n) is 3.22. The summed E-state index contributed by atoms with van der Waals surface area (Å²) >= 11 is 0. The van der Waals surface area contributed by atoms with Crippen LogP contribution in [0.2, 0.25) is 0 Å². The molecule has 2 aromatic rings. The minimum atomic E-state index is -0.653. The highest BCUT2D eigenvalue weighted by Gasteiger charge is 2.16. The van der Waals surface area contributed by atoms with Crippen molar-refractivity contribution in [2.24, 2.45) is 5.84 Å². The summed E-state index contributed by atoms with van der Waals surface area (Å²) in [7, 11) is 0. The maximum Gasteiger partial charge on any atom is 0.409 e. The molecule has 0 heterocycles. The van der Waals surface area contributed by atoms with Crippen molar-refractivity contribution in [1.82, 2.24) is 16.1 Å². The van der Waals surface area contributed by atoms with E-state index in [1.807, 2.05) is 66.1 Å². The molecule has 1 unspecified atom stereocenters. The van der Waals surface area contributed by atoms with Crippen LogP contribution in [0, 0.1) is 0 Å². The Balaban J connectivity index is 1.91. The van der Waals surface area contributed by atoms with Crippen molar-refractivity contribution in [1.29, 1.82) is 0 Å². The van der Waals surface area contributed by atoms with Crippen LogP contribution in [-0.4, -0.2) is 18.3 Å². The van der Waals surface area contributed by atoms with E-state index in [1.165, 1.54) is 0 Å². The largest absolute Gasteiger partial charge is 0.445 e. The molecule has 7 heteroatoms. The van der Waals surface area contributed by atoms with Crippen molar-refractivity contribution in [3.63, 3.8) is 0 Å². The second kappa shape index (κ2) is 9.16. The van der Waals surface area contributed by atoms with Gasteiger partial charge in [0.25, 0.3) is 0 Å². The molecule has 1 atom stereocenters. The molecule has 0 aliphatic rings.